The van der Waals surface area contributed by atoms with Gasteiger partial charge in [-0.05, 0) is 19.1 Å². The van der Waals surface area contributed by atoms with Gasteiger partial charge in [0.25, 0.3) is 10.0 Å². The summed E-state index contributed by atoms with van der Waals surface area (Å²) in [4.78, 5) is 7.93. The molecule has 0 fully saturated rings. The molecule has 2 aromatic rings. The third kappa shape index (κ3) is 5.22. The number of nitrogens with one attached hydrogen (secondary N) is 1. The van der Waals surface area contributed by atoms with Gasteiger partial charge in [-0.15, -0.1) is 0 Å². The van der Waals surface area contributed by atoms with E-state index in [2.05, 4.69) is 14.7 Å². The Morgan fingerprint density at radius 3 is 2.27 bits per heavy atom. The predicted molar refractivity (Wildman–Crippen MR) is 83.5 cm³/mol. The van der Waals surface area contributed by atoms with Crippen LogP contribution in [-0.4, -0.2) is 61.3 Å². The minimum absolute atomic E-state index is 0. The summed E-state index contributed by atoms with van der Waals surface area (Å²) in [6.45, 7) is 1.71. The summed E-state index contributed by atoms with van der Waals surface area (Å²) in [7, 11) is -2.19. The van der Waals surface area contributed by atoms with E-state index in [0.717, 1.165) is 0 Å². The molecule has 0 saturated carbocycles. The van der Waals surface area contributed by atoms with Gasteiger partial charge in [-0.1, -0.05) is 18.2 Å². The molecule has 0 radical (unpaired) electrons. The summed E-state index contributed by atoms with van der Waals surface area (Å²) in [6.07, 6.45) is 2.29. The van der Waals surface area contributed by atoms with Crippen LogP contribution in [-0.2, 0) is 14.8 Å². The summed E-state index contributed by atoms with van der Waals surface area (Å²) < 4.78 is 36.7. The van der Waals surface area contributed by atoms with E-state index >= 15 is 0 Å². The van der Waals surface area contributed by atoms with Crippen molar-refractivity contribution in [3.05, 3.63) is 42.7 Å². The van der Waals surface area contributed by atoms with Gasteiger partial charge in [0.2, 0.25) is 5.95 Å². The topological polar surface area (TPSA) is 90.4 Å². The van der Waals surface area contributed by atoms with Gasteiger partial charge in [0.1, 0.15) is 0 Å². The molecular formula is C13H16N3NaO4S. The monoisotopic (exact) mass is 333 g/mol. The van der Waals surface area contributed by atoms with Crippen molar-refractivity contribution < 1.29 is 17.9 Å². The number of hydrogen-bond acceptors (Lipinski definition) is 6. The van der Waals surface area contributed by atoms with Gasteiger partial charge in [-0.2, -0.15) is 0 Å². The van der Waals surface area contributed by atoms with E-state index in [0.29, 0.717) is 5.75 Å². The third-order valence-electron chi connectivity index (χ3n) is 2.54. The van der Waals surface area contributed by atoms with Crippen LogP contribution in [0.15, 0.2) is 47.6 Å². The van der Waals surface area contributed by atoms with Gasteiger partial charge in [0, 0.05) is 7.11 Å². The van der Waals surface area contributed by atoms with Crippen LogP contribution < -0.4 is 9.46 Å². The molecule has 0 spiro atoms. The number of nitrogens with zero attached hydrogens (tertiary/aromatic N) is 2. The number of rotatable bonds is 6. The minimum atomic E-state index is -3.69. The molecule has 0 bridgehead atoms. The van der Waals surface area contributed by atoms with Crippen molar-refractivity contribution in [3.8, 4) is 5.75 Å². The molecule has 0 saturated heterocycles. The Morgan fingerprint density at radius 1 is 1.14 bits per heavy atom. The molecule has 1 unspecified atom stereocenters. The molecule has 1 N–H and O–H groups in total. The first-order valence-corrected chi connectivity index (χ1v) is 7.59. The Labute approximate surface area is 151 Å². The van der Waals surface area contributed by atoms with Gasteiger partial charge < -0.3 is 9.47 Å². The van der Waals surface area contributed by atoms with E-state index in [1.54, 1.807) is 25.1 Å². The van der Waals surface area contributed by atoms with Crippen LogP contribution >= 0.6 is 0 Å². The molecule has 9 heteroatoms. The van der Waals surface area contributed by atoms with Crippen LogP contribution in [0.5, 0.6) is 5.75 Å². The second-order valence-electron chi connectivity index (χ2n) is 4.08. The number of anilines is 1. The van der Waals surface area contributed by atoms with E-state index in [4.69, 9.17) is 9.47 Å². The molecule has 2 rings (SSSR count). The average molecular weight is 333 g/mol. The first-order valence-electron chi connectivity index (χ1n) is 6.10. The Bertz CT molecular complexity index is 680. The van der Waals surface area contributed by atoms with Crippen molar-refractivity contribution in [1.82, 2.24) is 9.97 Å². The molecule has 1 heterocycles. The van der Waals surface area contributed by atoms with Crippen LogP contribution in [0.2, 0.25) is 0 Å². The second-order valence-corrected chi connectivity index (χ2v) is 5.76. The molecule has 22 heavy (non-hydrogen) atoms. The van der Waals surface area contributed by atoms with Crippen LogP contribution in [0.1, 0.15) is 6.92 Å². The van der Waals surface area contributed by atoms with Crippen LogP contribution in [0, 0.1) is 0 Å². The standard InChI is InChI=1S/C13H15N3O4S.Na.H/c1-10(19-2)20-11-8-14-13(15-9-11)16-21(17,18)12-6-4-3-5-7-12;;/h3-10H,1-2H3,(H,14,15,16);;. The van der Waals surface area contributed by atoms with Crippen molar-refractivity contribution >= 4 is 45.5 Å². The Kier molecular flexibility index (Phi) is 7.24. The Morgan fingerprint density at radius 2 is 1.73 bits per heavy atom. The molecule has 0 aliphatic rings. The van der Waals surface area contributed by atoms with Crippen molar-refractivity contribution in [2.45, 2.75) is 18.1 Å². The SMILES string of the molecule is COC(C)Oc1cnc(NS(=O)(=O)c2ccccc2)nc1.[NaH]. The molecule has 7 nitrogen and oxygen atoms in total. The van der Waals surface area contributed by atoms with Crippen molar-refractivity contribution in [2.24, 2.45) is 0 Å². The zero-order valence-electron chi connectivity index (χ0n) is 11.6. The number of benzene rings is 1. The quantitative estimate of drug-likeness (QED) is 0.626. The number of hydrogen-bond donors (Lipinski definition) is 1. The van der Waals surface area contributed by atoms with Crippen molar-refractivity contribution in [3.63, 3.8) is 0 Å². The predicted octanol–water partition coefficient (Wildman–Crippen LogP) is 1.00. The number of methoxy groups -OCH3 is 1. The summed E-state index contributed by atoms with van der Waals surface area (Å²) >= 11 is 0. The van der Waals surface area contributed by atoms with Gasteiger partial charge >= 0.3 is 29.6 Å². The number of ether oxygens (including phenoxy) is 2. The number of sulfonamides is 1. The summed E-state index contributed by atoms with van der Waals surface area (Å²) in [5.41, 5.74) is 0. The summed E-state index contributed by atoms with van der Waals surface area (Å²) in [5.74, 6) is 0.350. The fourth-order valence-electron chi connectivity index (χ4n) is 1.45. The van der Waals surface area contributed by atoms with E-state index in [9.17, 15) is 8.42 Å². The molecule has 1 aromatic carbocycles. The van der Waals surface area contributed by atoms with Crippen molar-refractivity contribution in [2.75, 3.05) is 11.8 Å². The van der Waals surface area contributed by atoms with E-state index in [-0.39, 0.29) is 40.4 Å². The normalized spacial score (nSPS) is 12.1. The molecule has 0 amide bonds. The van der Waals surface area contributed by atoms with Crippen LogP contribution in [0.4, 0.5) is 5.95 Å². The molecular weight excluding hydrogens is 317 g/mol. The maximum atomic E-state index is 12.1. The van der Waals surface area contributed by atoms with Crippen LogP contribution in [0.3, 0.4) is 0 Å². The molecule has 0 aliphatic heterocycles. The fourth-order valence-corrected chi connectivity index (χ4v) is 2.43. The zero-order valence-corrected chi connectivity index (χ0v) is 12.4. The Balaban J connectivity index is 0.00000242. The van der Waals surface area contributed by atoms with Gasteiger partial charge in [0.15, 0.2) is 12.0 Å². The van der Waals surface area contributed by atoms with E-state index in [1.807, 2.05) is 0 Å². The summed E-state index contributed by atoms with van der Waals surface area (Å²) in [6, 6.07) is 7.98. The van der Waals surface area contributed by atoms with Gasteiger partial charge in [-0.25, -0.2) is 23.1 Å². The average Bonchev–Trinajstić information content (AvgIpc) is 2.50. The van der Waals surface area contributed by atoms with E-state index in [1.165, 1.54) is 31.6 Å². The molecule has 114 valence electrons. The van der Waals surface area contributed by atoms with E-state index < -0.39 is 16.3 Å². The van der Waals surface area contributed by atoms with Crippen molar-refractivity contribution in [1.29, 1.82) is 0 Å². The van der Waals surface area contributed by atoms with Gasteiger partial charge in [0.05, 0.1) is 17.3 Å². The fraction of sp³-hybridized carbons (Fsp3) is 0.231. The maximum absolute atomic E-state index is 12.1. The first kappa shape index (κ1) is 18.9. The Hall–Kier alpha value is -1.19. The summed E-state index contributed by atoms with van der Waals surface area (Å²) in [5, 5.41) is 0. The molecule has 1 atom stereocenters. The van der Waals surface area contributed by atoms with Crippen LogP contribution in [0.25, 0.3) is 0 Å². The number of aromatic nitrogens is 2. The third-order valence-corrected chi connectivity index (χ3v) is 3.89. The molecule has 1 aromatic heterocycles. The molecule has 0 aliphatic carbocycles. The zero-order chi connectivity index (χ0) is 15.3. The first-order chi connectivity index (χ1) is 10.0. The van der Waals surface area contributed by atoms with Gasteiger partial charge in [-0.3, -0.25) is 0 Å². The second kappa shape index (κ2) is 8.44.